The van der Waals surface area contributed by atoms with E-state index in [1.165, 1.54) is 18.0 Å². The average Bonchev–Trinajstić information content (AvgIpc) is 3.51. The molecule has 10 nitrogen and oxygen atoms in total. The van der Waals surface area contributed by atoms with Crippen molar-refractivity contribution in [2.24, 2.45) is 0 Å². The van der Waals surface area contributed by atoms with Gasteiger partial charge in [-0.3, -0.25) is 0 Å². The largest absolute Gasteiger partial charge is 0.394 e. The number of aliphatic hydroxyl groups excluding tert-OH is 2. The zero-order chi connectivity index (χ0) is 25.6. The van der Waals surface area contributed by atoms with Gasteiger partial charge in [-0.1, -0.05) is 10.4 Å². The van der Waals surface area contributed by atoms with Crippen molar-refractivity contribution < 1.29 is 42.1 Å². The maximum absolute atomic E-state index is 13.7. The lowest BCUT2D eigenvalue weighted by Gasteiger charge is -2.43. The highest BCUT2D eigenvalue weighted by Crippen LogP contribution is 2.36. The molecule has 13 heteroatoms. The number of hydrogen-bond acceptors (Lipinski definition) is 9. The molecule has 5 rings (SSSR count). The number of aliphatic hydroxyl groups is 2. The van der Waals surface area contributed by atoms with Gasteiger partial charge in [0.1, 0.15) is 35.8 Å². The van der Waals surface area contributed by atoms with E-state index in [2.05, 4.69) is 15.5 Å². The molecule has 0 bridgehead atoms. The number of hydrogen-bond donors (Lipinski definition) is 2. The third-order valence-electron chi connectivity index (χ3n) is 6.75. The fraction of sp³-hybridized carbons (Fsp3) is 0.522. The summed E-state index contributed by atoms with van der Waals surface area (Å²) in [6, 6.07) is 2.53. The van der Waals surface area contributed by atoms with Gasteiger partial charge < -0.3 is 28.9 Å². The summed E-state index contributed by atoms with van der Waals surface area (Å²) in [5.74, 6) is -3.80. The highest BCUT2D eigenvalue weighted by Gasteiger charge is 2.47. The van der Waals surface area contributed by atoms with Gasteiger partial charge in [0, 0.05) is 25.2 Å². The minimum absolute atomic E-state index is 0.0360. The van der Waals surface area contributed by atoms with Crippen LogP contribution in [0.5, 0.6) is 0 Å². The van der Waals surface area contributed by atoms with Crippen LogP contribution in [-0.4, -0.2) is 81.7 Å². The molecular formula is C23H25F3N4O6. The van der Waals surface area contributed by atoms with Crippen LogP contribution >= 0.6 is 0 Å². The topological polar surface area (TPSA) is 125 Å². The molecule has 0 saturated carbocycles. The zero-order valence-corrected chi connectivity index (χ0v) is 19.5. The highest BCUT2D eigenvalue weighted by atomic mass is 19.2. The Kier molecular flexibility index (Phi) is 6.59. The molecule has 2 aliphatic heterocycles. The molecule has 0 spiro atoms. The lowest BCUT2D eigenvalue weighted by Crippen LogP contribution is -2.57. The molecule has 0 amide bonds. The predicted octanol–water partition coefficient (Wildman–Crippen LogP) is 1.56. The molecule has 4 heterocycles. The Morgan fingerprint density at radius 2 is 1.89 bits per heavy atom. The van der Waals surface area contributed by atoms with E-state index in [9.17, 15) is 23.4 Å². The lowest BCUT2D eigenvalue weighted by atomic mass is 9.84. The van der Waals surface area contributed by atoms with Crippen molar-refractivity contribution in [1.29, 1.82) is 0 Å². The van der Waals surface area contributed by atoms with Crippen molar-refractivity contribution in [3.05, 3.63) is 53.3 Å². The molecule has 0 radical (unpaired) electrons. The summed E-state index contributed by atoms with van der Waals surface area (Å²) in [7, 11) is 1.43. The minimum atomic E-state index is -1.59. The summed E-state index contributed by atoms with van der Waals surface area (Å²) in [4.78, 5) is 0. The van der Waals surface area contributed by atoms with Crippen molar-refractivity contribution in [2.45, 2.75) is 49.2 Å². The number of ether oxygens (including phenoxy) is 3. The molecule has 1 aromatic carbocycles. The number of halogens is 3. The summed E-state index contributed by atoms with van der Waals surface area (Å²) in [5.41, 5.74) is 0.544. The molecule has 2 N–H and O–H groups in total. The Labute approximate surface area is 203 Å². The van der Waals surface area contributed by atoms with E-state index in [0.29, 0.717) is 19.0 Å². The van der Waals surface area contributed by atoms with Crippen LogP contribution in [-0.2, 0) is 26.0 Å². The lowest BCUT2D eigenvalue weighted by molar-refractivity contribution is -0.212. The van der Waals surface area contributed by atoms with Crippen LogP contribution in [0.4, 0.5) is 13.2 Å². The minimum Gasteiger partial charge on any atom is -0.394 e. The first kappa shape index (κ1) is 24.8. The van der Waals surface area contributed by atoms with Crippen molar-refractivity contribution in [2.75, 3.05) is 26.9 Å². The summed E-state index contributed by atoms with van der Waals surface area (Å²) >= 11 is 0. The average molecular weight is 510 g/mol. The summed E-state index contributed by atoms with van der Waals surface area (Å²) in [6.07, 6.45) is -2.14. The van der Waals surface area contributed by atoms with Crippen LogP contribution in [0.2, 0.25) is 0 Å². The molecule has 0 unspecified atom stereocenters. The van der Waals surface area contributed by atoms with Gasteiger partial charge in [0.05, 0.1) is 43.2 Å². The highest BCUT2D eigenvalue weighted by molar-refractivity contribution is 5.57. The van der Waals surface area contributed by atoms with E-state index in [-0.39, 0.29) is 23.1 Å². The molecule has 2 aliphatic rings. The van der Waals surface area contributed by atoms with Crippen LogP contribution in [0.25, 0.3) is 11.3 Å². The number of nitrogens with zero attached hydrogens (tertiary/aromatic N) is 4. The van der Waals surface area contributed by atoms with E-state index in [4.69, 9.17) is 18.7 Å². The fourth-order valence-electron chi connectivity index (χ4n) is 4.64. The van der Waals surface area contributed by atoms with E-state index >= 15 is 0 Å². The first-order chi connectivity index (χ1) is 17.2. The standard InChI is InChI=1S/C23H25F3N4O6/c1-23(9-34-10-23)18-6-12(36-28-18)5-16-22(33-2)20(21(32)17(8-31)35-16)30-7-15(27-29-30)11-3-13(24)19(26)14(25)4-11/h3-4,6-7,16-17,20-22,31-32H,5,8-10H2,1-2H3/t16-,17-,20+,21+,22+/m1/s1. The fourth-order valence-corrected chi connectivity index (χ4v) is 4.64. The summed E-state index contributed by atoms with van der Waals surface area (Å²) < 4.78 is 64.5. The van der Waals surface area contributed by atoms with Crippen molar-refractivity contribution in [3.8, 4) is 11.3 Å². The van der Waals surface area contributed by atoms with Gasteiger partial charge in [-0.2, -0.15) is 0 Å². The normalized spacial score (nSPS) is 27.7. The SMILES string of the molecule is CO[C@@H]1[C@@H](n2cc(-c3cc(F)c(F)c(F)c3)nn2)[C@@H](O)[C@@H](CO)O[C@@H]1Cc1cc(C2(C)COC2)no1. The van der Waals surface area contributed by atoms with Crippen molar-refractivity contribution in [1.82, 2.24) is 20.2 Å². The van der Waals surface area contributed by atoms with Crippen LogP contribution in [0.15, 0.2) is 28.9 Å². The maximum atomic E-state index is 13.7. The van der Waals surface area contributed by atoms with Gasteiger partial charge in [-0.05, 0) is 19.1 Å². The molecule has 36 heavy (non-hydrogen) atoms. The second-order valence-corrected chi connectivity index (χ2v) is 9.35. The molecule has 2 aromatic heterocycles. The number of aromatic nitrogens is 4. The van der Waals surface area contributed by atoms with E-state index in [1.807, 2.05) is 13.0 Å². The second kappa shape index (κ2) is 9.56. The maximum Gasteiger partial charge on any atom is 0.194 e. The van der Waals surface area contributed by atoms with Crippen molar-refractivity contribution >= 4 is 0 Å². The van der Waals surface area contributed by atoms with Gasteiger partial charge in [-0.15, -0.1) is 5.10 Å². The zero-order valence-electron chi connectivity index (χ0n) is 19.5. The molecule has 5 atom stereocenters. The smallest absolute Gasteiger partial charge is 0.194 e. The van der Waals surface area contributed by atoms with Crippen LogP contribution in [0.1, 0.15) is 24.4 Å². The van der Waals surface area contributed by atoms with Gasteiger partial charge >= 0.3 is 0 Å². The van der Waals surface area contributed by atoms with Crippen LogP contribution in [0, 0.1) is 17.5 Å². The summed E-state index contributed by atoms with van der Waals surface area (Å²) in [6.45, 7) is 2.61. The van der Waals surface area contributed by atoms with Gasteiger partial charge in [0.2, 0.25) is 0 Å². The van der Waals surface area contributed by atoms with Gasteiger partial charge in [-0.25, -0.2) is 17.9 Å². The van der Waals surface area contributed by atoms with E-state index < -0.39 is 54.5 Å². The molecule has 194 valence electrons. The Balaban J connectivity index is 1.42. The summed E-state index contributed by atoms with van der Waals surface area (Å²) in [5, 5.41) is 32.9. The molecule has 2 saturated heterocycles. The Hall–Kier alpha value is -2.84. The number of rotatable bonds is 7. The first-order valence-electron chi connectivity index (χ1n) is 11.3. The van der Waals surface area contributed by atoms with Crippen molar-refractivity contribution in [3.63, 3.8) is 0 Å². The quantitative estimate of drug-likeness (QED) is 0.456. The van der Waals surface area contributed by atoms with Crippen LogP contribution < -0.4 is 0 Å². The molecule has 2 fully saturated rings. The predicted molar refractivity (Wildman–Crippen MR) is 115 cm³/mol. The molecule has 0 aliphatic carbocycles. The monoisotopic (exact) mass is 510 g/mol. The third-order valence-corrected chi connectivity index (χ3v) is 6.75. The van der Waals surface area contributed by atoms with Gasteiger partial charge in [0.25, 0.3) is 0 Å². The molecular weight excluding hydrogens is 485 g/mol. The second-order valence-electron chi connectivity index (χ2n) is 9.35. The Morgan fingerprint density at radius 1 is 1.17 bits per heavy atom. The van der Waals surface area contributed by atoms with Gasteiger partial charge in [0.15, 0.2) is 17.5 Å². The first-order valence-corrected chi connectivity index (χ1v) is 11.3. The number of methoxy groups -OCH3 is 1. The Morgan fingerprint density at radius 3 is 2.50 bits per heavy atom. The van der Waals surface area contributed by atoms with Crippen LogP contribution in [0.3, 0.4) is 0 Å². The van der Waals surface area contributed by atoms with E-state index in [1.54, 1.807) is 0 Å². The molecule has 3 aromatic rings. The van der Waals surface area contributed by atoms with E-state index in [0.717, 1.165) is 17.8 Å². The number of benzene rings is 1. The third kappa shape index (κ3) is 4.30. The Bertz CT molecular complexity index is 1210.